The van der Waals surface area contributed by atoms with Crippen LogP contribution >= 0.6 is 24.0 Å². The molecule has 7 heteroatoms. The monoisotopic (exact) mass is 465 g/mol. The zero-order valence-corrected chi connectivity index (χ0v) is 17.5. The van der Waals surface area contributed by atoms with E-state index in [9.17, 15) is 4.39 Å². The fraction of sp³-hybridized carbons (Fsp3) is 0.611. The van der Waals surface area contributed by atoms with Gasteiger partial charge in [-0.1, -0.05) is 12.1 Å². The van der Waals surface area contributed by atoms with E-state index in [1.807, 2.05) is 18.9 Å². The summed E-state index contributed by atoms with van der Waals surface area (Å²) in [6.07, 6.45) is 2.43. The highest BCUT2D eigenvalue weighted by atomic mass is 127. The van der Waals surface area contributed by atoms with Gasteiger partial charge in [-0.05, 0) is 37.8 Å². The van der Waals surface area contributed by atoms with Gasteiger partial charge in [0.25, 0.3) is 0 Å². The second-order valence-electron chi connectivity index (χ2n) is 6.23. The van der Waals surface area contributed by atoms with Gasteiger partial charge < -0.3 is 19.7 Å². The van der Waals surface area contributed by atoms with E-state index in [2.05, 4.69) is 10.3 Å². The van der Waals surface area contributed by atoms with Crippen LogP contribution in [-0.4, -0.2) is 57.4 Å². The number of aliphatic imine (C=N–C) groups is 1. The van der Waals surface area contributed by atoms with Crippen LogP contribution in [0.4, 0.5) is 4.39 Å². The summed E-state index contributed by atoms with van der Waals surface area (Å²) in [4.78, 5) is 6.27. The van der Waals surface area contributed by atoms with Crippen molar-refractivity contribution in [1.29, 1.82) is 0 Å². The number of ether oxygens (including phenoxy) is 2. The molecule has 5 nitrogen and oxygen atoms in total. The van der Waals surface area contributed by atoms with Crippen LogP contribution in [0.1, 0.15) is 19.8 Å². The molecule has 0 amide bonds. The molecule has 0 aromatic heterocycles. The van der Waals surface area contributed by atoms with Gasteiger partial charge in [0.15, 0.2) is 17.5 Å². The van der Waals surface area contributed by atoms with Crippen LogP contribution < -0.4 is 10.1 Å². The highest BCUT2D eigenvalue weighted by molar-refractivity contribution is 14.0. The van der Waals surface area contributed by atoms with Crippen molar-refractivity contribution in [1.82, 2.24) is 10.2 Å². The van der Waals surface area contributed by atoms with Gasteiger partial charge in [-0.15, -0.1) is 24.0 Å². The lowest BCUT2D eigenvalue weighted by atomic mass is 10.3. The van der Waals surface area contributed by atoms with E-state index >= 15 is 0 Å². The number of hydrogen-bond donors (Lipinski definition) is 1. The van der Waals surface area contributed by atoms with E-state index in [-0.39, 0.29) is 41.6 Å². The molecule has 0 aliphatic heterocycles. The van der Waals surface area contributed by atoms with Gasteiger partial charge in [0, 0.05) is 27.2 Å². The normalized spacial score (nSPS) is 15.3. The Morgan fingerprint density at radius 1 is 1.40 bits per heavy atom. The Labute approximate surface area is 167 Å². The molecule has 1 fully saturated rings. The molecule has 1 atom stereocenters. The molecular formula is C18H29FIN3O2. The lowest BCUT2D eigenvalue weighted by Crippen LogP contribution is -2.44. The number of rotatable bonds is 9. The van der Waals surface area contributed by atoms with E-state index in [0.717, 1.165) is 25.0 Å². The number of para-hydroxylation sites is 1. The minimum atomic E-state index is -0.348. The average molecular weight is 465 g/mol. The second-order valence-corrected chi connectivity index (χ2v) is 6.23. The number of nitrogens with one attached hydrogen (secondary N) is 1. The minimum Gasteiger partial charge on any atom is -0.486 e. The van der Waals surface area contributed by atoms with E-state index in [1.54, 1.807) is 25.2 Å². The summed E-state index contributed by atoms with van der Waals surface area (Å²) >= 11 is 0. The summed E-state index contributed by atoms with van der Waals surface area (Å²) < 4.78 is 24.9. The molecule has 2 rings (SSSR count). The molecule has 1 saturated carbocycles. The first-order valence-corrected chi connectivity index (χ1v) is 8.51. The molecule has 1 aromatic carbocycles. The van der Waals surface area contributed by atoms with Crippen LogP contribution in [0.2, 0.25) is 0 Å². The molecule has 0 spiro atoms. The Morgan fingerprint density at radius 3 is 2.76 bits per heavy atom. The van der Waals surface area contributed by atoms with Crippen molar-refractivity contribution in [3.8, 4) is 5.75 Å². The maximum atomic E-state index is 13.6. The SMILES string of the molecule is CN=C(NCC(C)Oc1ccccc1F)N(C)CCOCC1CC1.I. The van der Waals surface area contributed by atoms with Crippen LogP contribution in [0.15, 0.2) is 29.3 Å². The Hall–Kier alpha value is -1.09. The Morgan fingerprint density at radius 2 is 2.12 bits per heavy atom. The third-order valence-corrected chi connectivity index (χ3v) is 3.91. The standard InChI is InChI=1S/C18H28FN3O2.HI/c1-14(24-17-7-5-4-6-16(17)19)12-21-18(20-2)22(3)10-11-23-13-15-8-9-15;/h4-7,14-15H,8-13H2,1-3H3,(H,20,21);1H. The van der Waals surface area contributed by atoms with Crippen molar-refractivity contribution in [2.75, 3.05) is 40.4 Å². The summed E-state index contributed by atoms with van der Waals surface area (Å²) in [5.41, 5.74) is 0. The Bertz CT molecular complexity index is 541. The zero-order valence-electron chi connectivity index (χ0n) is 15.2. The lowest BCUT2D eigenvalue weighted by molar-refractivity contribution is 0.115. The smallest absolute Gasteiger partial charge is 0.193 e. The first kappa shape index (κ1) is 22.0. The number of likely N-dealkylation sites (N-methyl/N-ethyl adjacent to an activating group) is 1. The second kappa shape index (κ2) is 11.5. The van der Waals surface area contributed by atoms with Crippen LogP contribution in [0.25, 0.3) is 0 Å². The summed E-state index contributed by atoms with van der Waals surface area (Å²) in [5, 5.41) is 3.24. The molecule has 0 bridgehead atoms. The summed E-state index contributed by atoms with van der Waals surface area (Å²) in [6, 6.07) is 6.42. The van der Waals surface area contributed by atoms with Gasteiger partial charge in [-0.2, -0.15) is 0 Å². The number of halogens is 2. The van der Waals surface area contributed by atoms with Gasteiger partial charge in [0.1, 0.15) is 6.10 Å². The van der Waals surface area contributed by atoms with Crippen LogP contribution in [0.5, 0.6) is 5.75 Å². The molecule has 0 radical (unpaired) electrons. The van der Waals surface area contributed by atoms with Crippen molar-refractivity contribution in [2.45, 2.75) is 25.9 Å². The highest BCUT2D eigenvalue weighted by Crippen LogP contribution is 2.28. The maximum Gasteiger partial charge on any atom is 0.193 e. The van der Waals surface area contributed by atoms with E-state index in [4.69, 9.17) is 9.47 Å². The van der Waals surface area contributed by atoms with Crippen molar-refractivity contribution < 1.29 is 13.9 Å². The quantitative estimate of drug-likeness (QED) is 0.264. The number of hydrogen-bond acceptors (Lipinski definition) is 3. The summed E-state index contributed by atoms with van der Waals surface area (Å²) in [6.45, 7) is 4.76. The van der Waals surface area contributed by atoms with Gasteiger partial charge >= 0.3 is 0 Å². The van der Waals surface area contributed by atoms with Gasteiger partial charge in [0.05, 0.1) is 13.2 Å². The molecule has 0 saturated heterocycles. The fourth-order valence-electron chi connectivity index (χ4n) is 2.26. The molecule has 1 aliphatic rings. The first-order chi connectivity index (χ1) is 11.6. The largest absolute Gasteiger partial charge is 0.486 e. The zero-order chi connectivity index (χ0) is 17.4. The molecule has 1 unspecified atom stereocenters. The van der Waals surface area contributed by atoms with Crippen molar-refractivity contribution in [3.05, 3.63) is 30.1 Å². The summed E-state index contributed by atoms with van der Waals surface area (Å²) in [7, 11) is 3.71. The van der Waals surface area contributed by atoms with E-state index in [0.29, 0.717) is 13.2 Å². The van der Waals surface area contributed by atoms with E-state index < -0.39 is 0 Å². The van der Waals surface area contributed by atoms with Crippen molar-refractivity contribution >= 4 is 29.9 Å². The fourth-order valence-corrected chi connectivity index (χ4v) is 2.26. The topological polar surface area (TPSA) is 46.1 Å². The van der Waals surface area contributed by atoms with Gasteiger partial charge in [0.2, 0.25) is 0 Å². The molecule has 25 heavy (non-hydrogen) atoms. The maximum absolute atomic E-state index is 13.6. The molecule has 142 valence electrons. The molecule has 1 aliphatic carbocycles. The molecule has 1 aromatic rings. The highest BCUT2D eigenvalue weighted by Gasteiger charge is 2.21. The molecule has 0 heterocycles. The number of guanidine groups is 1. The minimum absolute atomic E-state index is 0. The van der Waals surface area contributed by atoms with Crippen LogP contribution in [0, 0.1) is 11.7 Å². The Kier molecular flexibility index (Phi) is 10.1. The van der Waals surface area contributed by atoms with Crippen molar-refractivity contribution in [2.24, 2.45) is 10.9 Å². The van der Waals surface area contributed by atoms with Crippen LogP contribution in [0.3, 0.4) is 0 Å². The predicted molar refractivity (Wildman–Crippen MR) is 109 cm³/mol. The molecule has 1 N–H and O–H groups in total. The van der Waals surface area contributed by atoms with Crippen molar-refractivity contribution in [3.63, 3.8) is 0 Å². The average Bonchev–Trinajstić information content (AvgIpc) is 3.38. The summed E-state index contributed by atoms with van der Waals surface area (Å²) in [5.74, 6) is 1.47. The third-order valence-electron chi connectivity index (χ3n) is 3.91. The van der Waals surface area contributed by atoms with Gasteiger partial charge in [-0.25, -0.2) is 4.39 Å². The van der Waals surface area contributed by atoms with Crippen LogP contribution in [-0.2, 0) is 4.74 Å². The Balaban J connectivity index is 0.00000312. The number of nitrogens with zero attached hydrogens (tertiary/aromatic N) is 2. The number of benzene rings is 1. The third kappa shape index (κ3) is 8.22. The first-order valence-electron chi connectivity index (χ1n) is 8.51. The van der Waals surface area contributed by atoms with E-state index in [1.165, 1.54) is 18.9 Å². The van der Waals surface area contributed by atoms with Gasteiger partial charge in [-0.3, -0.25) is 4.99 Å². The predicted octanol–water partition coefficient (Wildman–Crippen LogP) is 3.14. The molecular weight excluding hydrogens is 436 g/mol. The lowest BCUT2D eigenvalue weighted by Gasteiger charge is -2.24.